The topological polar surface area (TPSA) is 97.3 Å². The monoisotopic (exact) mass is 521 g/mol. The van der Waals surface area contributed by atoms with Crippen molar-refractivity contribution in [3.63, 3.8) is 0 Å². The van der Waals surface area contributed by atoms with Crippen molar-refractivity contribution in [1.29, 1.82) is 0 Å². The molecule has 4 rings (SSSR count). The Labute approximate surface area is 223 Å². The normalized spacial score (nSPS) is 14.5. The first-order valence-electron chi connectivity index (χ1n) is 13.2. The Bertz CT molecular complexity index is 1200. The first-order valence-corrected chi connectivity index (χ1v) is 13.2. The highest BCUT2D eigenvalue weighted by Crippen LogP contribution is 2.27. The molecule has 1 aliphatic carbocycles. The van der Waals surface area contributed by atoms with Gasteiger partial charge in [-0.25, -0.2) is 9.07 Å². The van der Waals surface area contributed by atoms with Gasteiger partial charge in [0, 0.05) is 18.8 Å². The molecule has 9 heteroatoms. The van der Waals surface area contributed by atoms with E-state index in [1.807, 2.05) is 24.3 Å². The van der Waals surface area contributed by atoms with Crippen LogP contribution in [-0.2, 0) is 4.79 Å². The molecule has 8 nitrogen and oxygen atoms in total. The van der Waals surface area contributed by atoms with Crippen molar-refractivity contribution in [2.75, 3.05) is 25.5 Å². The van der Waals surface area contributed by atoms with Crippen LogP contribution in [0.15, 0.2) is 54.7 Å². The lowest BCUT2D eigenvalue weighted by Gasteiger charge is -2.26. The molecule has 1 aromatic heterocycles. The summed E-state index contributed by atoms with van der Waals surface area (Å²) in [7, 11) is 1.62. The number of carbonyl (C=O) groups excluding carboxylic acids is 2. The average molecular weight is 522 g/mol. The largest absolute Gasteiger partial charge is 0.497 e. The smallest absolute Gasteiger partial charge is 0.255 e. The molecule has 0 saturated heterocycles. The van der Waals surface area contributed by atoms with E-state index in [2.05, 4.69) is 21.0 Å². The molecule has 3 aromatic rings. The zero-order valence-corrected chi connectivity index (χ0v) is 22.0. The predicted octanol–water partition coefficient (Wildman–Crippen LogP) is 4.63. The summed E-state index contributed by atoms with van der Waals surface area (Å²) in [6, 6.07) is 12.9. The van der Waals surface area contributed by atoms with E-state index in [1.54, 1.807) is 30.8 Å². The Morgan fingerprint density at radius 3 is 2.45 bits per heavy atom. The third kappa shape index (κ3) is 7.12. The van der Waals surface area contributed by atoms with Gasteiger partial charge in [0.15, 0.2) is 0 Å². The number of hydrogen-bond acceptors (Lipinski definition) is 5. The lowest BCUT2D eigenvalue weighted by atomic mass is 9.84. The van der Waals surface area contributed by atoms with E-state index in [0.717, 1.165) is 37.1 Å². The van der Waals surface area contributed by atoms with E-state index in [4.69, 9.17) is 4.74 Å². The van der Waals surface area contributed by atoms with Crippen molar-refractivity contribution >= 4 is 17.5 Å². The molecule has 1 saturated carbocycles. The maximum atomic E-state index is 13.3. The van der Waals surface area contributed by atoms with Crippen molar-refractivity contribution in [2.45, 2.75) is 51.5 Å². The highest BCUT2D eigenvalue weighted by atomic mass is 19.1. The summed E-state index contributed by atoms with van der Waals surface area (Å²) in [6.45, 7) is 2.75. The zero-order chi connectivity index (χ0) is 26.9. The number of anilines is 1. The average Bonchev–Trinajstić information content (AvgIpc) is 3.33. The van der Waals surface area contributed by atoms with E-state index in [-0.39, 0.29) is 17.6 Å². The fourth-order valence-electron chi connectivity index (χ4n) is 4.92. The number of aromatic nitrogens is 2. The Morgan fingerprint density at radius 1 is 1.05 bits per heavy atom. The maximum Gasteiger partial charge on any atom is 0.255 e. The molecule has 1 atom stereocenters. The molecule has 1 heterocycles. The Morgan fingerprint density at radius 2 is 1.76 bits per heavy atom. The van der Waals surface area contributed by atoms with E-state index in [0.29, 0.717) is 42.4 Å². The molecule has 0 spiro atoms. The second-order valence-corrected chi connectivity index (χ2v) is 9.74. The van der Waals surface area contributed by atoms with Gasteiger partial charge >= 0.3 is 0 Å². The van der Waals surface area contributed by atoms with Crippen LogP contribution in [0.4, 0.5) is 10.1 Å². The molecule has 0 aliphatic heterocycles. The number of benzene rings is 2. The van der Waals surface area contributed by atoms with Crippen LogP contribution in [0.5, 0.6) is 5.75 Å². The third-order valence-corrected chi connectivity index (χ3v) is 7.08. The molecule has 202 valence electrons. The van der Waals surface area contributed by atoms with Gasteiger partial charge in [0.2, 0.25) is 5.91 Å². The molecular formula is C29H36FN5O3. The van der Waals surface area contributed by atoms with Gasteiger partial charge in [0.1, 0.15) is 17.6 Å². The summed E-state index contributed by atoms with van der Waals surface area (Å²) >= 11 is 0. The number of ether oxygens (including phenoxy) is 1. The molecular weight excluding hydrogens is 485 g/mol. The van der Waals surface area contributed by atoms with Crippen molar-refractivity contribution in [3.8, 4) is 11.4 Å². The van der Waals surface area contributed by atoms with Crippen molar-refractivity contribution in [1.82, 2.24) is 20.4 Å². The zero-order valence-electron chi connectivity index (χ0n) is 22.0. The molecule has 0 bridgehead atoms. The SMILES string of the molecule is COc1ccc(NCCNC(=O)[C@H](CC2CCCCC2)NC(=O)c2cnn(-c3ccc(F)cc3)c2C)cc1. The van der Waals surface area contributed by atoms with Crippen molar-refractivity contribution in [2.24, 2.45) is 5.92 Å². The molecule has 38 heavy (non-hydrogen) atoms. The number of halogens is 1. The number of hydrogen-bond donors (Lipinski definition) is 3. The molecule has 3 N–H and O–H groups in total. The third-order valence-electron chi connectivity index (χ3n) is 7.08. The van der Waals surface area contributed by atoms with Crippen molar-refractivity contribution in [3.05, 3.63) is 71.8 Å². The number of nitrogens with one attached hydrogen (secondary N) is 3. The van der Waals surface area contributed by atoms with Crippen molar-refractivity contribution < 1.29 is 18.7 Å². The molecule has 2 aromatic carbocycles. The summed E-state index contributed by atoms with van der Waals surface area (Å²) in [5, 5.41) is 13.5. The van der Waals surface area contributed by atoms with Crippen LogP contribution in [-0.4, -0.2) is 47.8 Å². The minimum atomic E-state index is -0.639. The van der Waals surface area contributed by atoms with Gasteiger partial charge in [0.05, 0.1) is 30.3 Å². The van der Waals surface area contributed by atoms with Gasteiger partial charge < -0.3 is 20.7 Å². The Kier molecular flexibility index (Phi) is 9.35. The highest BCUT2D eigenvalue weighted by Gasteiger charge is 2.27. The summed E-state index contributed by atoms with van der Waals surface area (Å²) in [4.78, 5) is 26.5. The predicted molar refractivity (Wildman–Crippen MR) is 145 cm³/mol. The van der Waals surface area contributed by atoms with E-state index < -0.39 is 6.04 Å². The fourth-order valence-corrected chi connectivity index (χ4v) is 4.92. The molecule has 1 aliphatic rings. The molecule has 0 radical (unpaired) electrons. The lowest BCUT2D eigenvalue weighted by Crippen LogP contribution is -2.48. The number of methoxy groups -OCH3 is 1. The maximum absolute atomic E-state index is 13.3. The van der Waals surface area contributed by atoms with Gasteiger partial charge in [-0.1, -0.05) is 32.1 Å². The van der Waals surface area contributed by atoms with Crippen LogP contribution in [0.1, 0.15) is 54.6 Å². The minimum absolute atomic E-state index is 0.191. The second-order valence-electron chi connectivity index (χ2n) is 9.74. The van der Waals surface area contributed by atoms with Crippen LogP contribution >= 0.6 is 0 Å². The summed E-state index contributed by atoms with van der Waals surface area (Å²) in [5.74, 6) is 0.309. The van der Waals surface area contributed by atoms with Gasteiger partial charge in [-0.15, -0.1) is 0 Å². The van der Waals surface area contributed by atoms with Crippen LogP contribution in [0.3, 0.4) is 0 Å². The fraction of sp³-hybridized carbons (Fsp3) is 0.414. The first-order chi connectivity index (χ1) is 18.4. The van der Waals surface area contributed by atoms with Crippen LogP contribution < -0.4 is 20.7 Å². The standard InChI is InChI=1S/C29H36FN5O3/c1-20-26(19-33-35(20)24-12-8-22(30)9-13-24)28(36)34-27(18-21-6-4-3-5-7-21)29(37)32-17-16-31-23-10-14-25(38-2)15-11-23/h8-15,19,21,27,31H,3-7,16-18H2,1-2H3,(H,32,37)(H,34,36)/t27-/m0/s1. The Hall–Kier alpha value is -3.88. The summed E-state index contributed by atoms with van der Waals surface area (Å²) in [6.07, 6.45) is 7.76. The van der Waals surface area contributed by atoms with Gasteiger partial charge in [-0.05, 0) is 67.8 Å². The lowest BCUT2D eigenvalue weighted by molar-refractivity contribution is -0.123. The number of rotatable bonds is 11. The quantitative estimate of drug-likeness (QED) is 0.320. The van der Waals surface area contributed by atoms with Gasteiger partial charge in [0.25, 0.3) is 5.91 Å². The molecule has 2 amide bonds. The number of nitrogens with zero attached hydrogens (tertiary/aromatic N) is 2. The second kappa shape index (κ2) is 13.1. The van der Waals surface area contributed by atoms with Crippen LogP contribution in [0.25, 0.3) is 5.69 Å². The van der Waals surface area contributed by atoms with Crippen LogP contribution in [0, 0.1) is 18.7 Å². The van der Waals surface area contributed by atoms with Gasteiger partial charge in [-0.3, -0.25) is 9.59 Å². The minimum Gasteiger partial charge on any atom is -0.497 e. The number of carbonyl (C=O) groups is 2. The highest BCUT2D eigenvalue weighted by molar-refractivity contribution is 5.98. The van der Waals surface area contributed by atoms with Gasteiger partial charge in [-0.2, -0.15) is 5.10 Å². The molecule has 0 unspecified atom stereocenters. The van der Waals surface area contributed by atoms with Crippen LogP contribution in [0.2, 0.25) is 0 Å². The van der Waals surface area contributed by atoms with E-state index in [9.17, 15) is 14.0 Å². The van der Waals surface area contributed by atoms with E-state index in [1.165, 1.54) is 24.8 Å². The number of amides is 2. The summed E-state index contributed by atoms with van der Waals surface area (Å²) < 4.78 is 20.1. The Balaban J connectivity index is 1.38. The molecule has 1 fully saturated rings. The van der Waals surface area contributed by atoms with E-state index >= 15 is 0 Å². The summed E-state index contributed by atoms with van der Waals surface area (Å²) in [5.41, 5.74) is 2.59. The first kappa shape index (κ1) is 27.2.